The van der Waals surface area contributed by atoms with Crippen LogP contribution in [0.5, 0.6) is 5.75 Å². The summed E-state index contributed by atoms with van der Waals surface area (Å²) in [6.45, 7) is 4.69. The van der Waals surface area contributed by atoms with E-state index in [9.17, 15) is 14.0 Å². The SMILES string of the molecule is CC(C)[C@@H]1C(=O)N(C)CCN1C(=O)c1coc(COc2cccc(F)c2)n1. The van der Waals surface area contributed by atoms with E-state index in [0.717, 1.165) is 0 Å². The molecule has 0 saturated carbocycles. The molecule has 27 heavy (non-hydrogen) atoms. The molecule has 2 amide bonds. The first-order chi connectivity index (χ1) is 12.9. The van der Waals surface area contributed by atoms with Crippen molar-refractivity contribution in [1.82, 2.24) is 14.8 Å². The molecule has 7 nitrogen and oxygen atoms in total. The zero-order valence-corrected chi connectivity index (χ0v) is 15.5. The summed E-state index contributed by atoms with van der Waals surface area (Å²) in [6.07, 6.45) is 1.26. The fraction of sp³-hybridized carbons (Fsp3) is 0.421. The Balaban J connectivity index is 1.69. The molecule has 1 fully saturated rings. The van der Waals surface area contributed by atoms with Crippen LogP contribution < -0.4 is 4.74 Å². The second-order valence-corrected chi connectivity index (χ2v) is 6.82. The number of carbonyl (C=O) groups is 2. The monoisotopic (exact) mass is 375 g/mol. The number of carbonyl (C=O) groups excluding carboxylic acids is 2. The van der Waals surface area contributed by atoms with E-state index in [1.807, 2.05) is 13.8 Å². The van der Waals surface area contributed by atoms with Crippen molar-refractivity contribution < 1.29 is 23.1 Å². The molecule has 3 rings (SSSR count). The number of ether oxygens (including phenoxy) is 1. The molecule has 1 atom stereocenters. The highest BCUT2D eigenvalue weighted by Crippen LogP contribution is 2.21. The van der Waals surface area contributed by atoms with Gasteiger partial charge in [-0.2, -0.15) is 0 Å². The minimum Gasteiger partial charge on any atom is -0.484 e. The Labute approximate surface area is 156 Å². The van der Waals surface area contributed by atoms with Crippen LogP contribution in [0.2, 0.25) is 0 Å². The topological polar surface area (TPSA) is 75.9 Å². The van der Waals surface area contributed by atoms with Crippen LogP contribution in [0.15, 0.2) is 34.9 Å². The Morgan fingerprint density at radius 2 is 2.19 bits per heavy atom. The Morgan fingerprint density at radius 3 is 2.89 bits per heavy atom. The summed E-state index contributed by atoms with van der Waals surface area (Å²) < 4.78 is 23.9. The second-order valence-electron chi connectivity index (χ2n) is 6.82. The number of benzene rings is 1. The van der Waals surface area contributed by atoms with Crippen LogP contribution >= 0.6 is 0 Å². The fourth-order valence-corrected chi connectivity index (χ4v) is 3.06. The summed E-state index contributed by atoms with van der Waals surface area (Å²) >= 11 is 0. The Hall–Kier alpha value is -2.90. The highest BCUT2D eigenvalue weighted by Gasteiger charge is 2.39. The number of amides is 2. The summed E-state index contributed by atoms with van der Waals surface area (Å²) in [6, 6.07) is 5.18. The minimum absolute atomic E-state index is 0.0214. The molecule has 0 radical (unpaired) electrons. The van der Waals surface area contributed by atoms with Crippen molar-refractivity contribution in [3.05, 3.63) is 47.9 Å². The van der Waals surface area contributed by atoms with E-state index in [-0.39, 0.29) is 35.9 Å². The van der Waals surface area contributed by atoms with Gasteiger partial charge >= 0.3 is 0 Å². The Kier molecular flexibility index (Phi) is 5.43. The summed E-state index contributed by atoms with van der Waals surface area (Å²) in [7, 11) is 1.73. The van der Waals surface area contributed by atoms with E-state index in [1.165, 1.54) is 24.5 Å². The van der Waals surface area contributed by atoms with Crippen molar-refractivity contribution in [3.63, 3.8) is 0 Å². The lowest BCUT2D eigenvalue weighted by Crippen LogP contribution is -2.59. The maximum atomic E-state index is 13.2. The van der Waals surface area contributed by atoms with Gasteiger partial charge < -0.3 is 19.0 Å². The quantitative estimate of drug-likeness (QED) is 0.802. The molecular formula is C19H22FN3O4. The largest absolute Gasteiger partial charge is 0.484 e. The van der Waals surface area contributed by atoms with Crippen LogP contribution in [0.25, 0.3) is 0 Å². The van der Waals surface area contributed by atoms with Gasteiger partial charge in [-0.1, -0.05) is 19.9 Å². The number of rotatable bonds is 5. The summed E-state index contributed by atoms with van der Waals surface area (Å²) in [5.41, 5.74) is 0.121. The van der Waals surface area contributed by atoms with Gasteiger partial charge in [-0.25, -0.2) is 9.37 Å². The van der Waals surface area contributed by atoms with E-state index in [4.69, 9.17) is 9.15 Å². The predicted molar refractivity (Wildman–Crippen MR) is 94.5 cm³/mol. The van der Waals surface area contributed by atoms with E-state index < -0.39 is 11.9 Å². The summed E-state index contributed by atoms with van der Waals surface area (Å²) in [5, 5.41) is 0. The normalized spacial score (nSPS) is 17.5. The third-order valence-electron chi connectivity index (χ3n) is 4.46. The molecule has 144 valence electrons. The number of halogens is 1. The second kappa shape index (κ2) is 7.77. The van der Waals surface area contributed by atoms with Gasteiger partial charge in [0.05, 0.1) is 0 Å². The lowest BCUT2D eigenvalue weighted by atomic mass is 9.98. The van der Waals surface area contributed by atoms with Gasteiger partial charge in [0.15, 0.2) is 12.3 Å². The molecule has 0 bridgehead atoms. The smallest absolute Gasteiger partial charge is 0.276 e. The van der Waals surface area contributed by atoms with Crippen LogP contribution in [0.4, 0.5) is 4.39 Å². The van der Waals surface area contributed by atoms with Gasteiger partial charge in [-0.15, -0.1) is 0 Å². The van der Waals surface area contributed by atoms with Crippen LogP contribution in [0.3, 0.4) is 0 Å². The number of hydrogen-bond donors (Lipinski definition) is 0. The zero-order chi connectivity index (χ0) is 19.6. The van der Waals surface area contributed by atoms with E-state index in [1.54, 1.807) is 22.9 Å². The molecule has 1 aromatic carbocycles. The maximum absolute atomic E-state index is 13.2. The van der Waals surface area contributed by atoms with Gasteiger partial charge in [-0.3, -0.25) is 9.59 Å². The number of nitrogens with zero attached hydrogens (tertiary/aromatic N) is 3. The van der Waals surface area contributed by atoms with E-state index in [0.29, 0.717) is 18.8 Å². The van der Waals surface area contributed by atoms with Gasteiger partial charge in [-0.05, 0) is 18.1 Å². The number of oxazole rings is 1. The molecule has 0 aliphatic carbocycles. The Bertz CT molecular complexity index is 836. The average molecular weight is 375 g/mol. The standard InChI is InChI=1S/C19H22FN3O4/c1-12(2)17-19(25)22(3)7-8-23(17)18(24)15-10-27-16(21-15)11-26-14-6-4-5-13(20)9-14/h4-6,9-10,12,17H,7-8,11H2,1-3H3/t17-/m1/s1. The van der Waals surface area contributed by atoms with Gasteiger partial charge in [0.25, 0.3) is 5.91 Å². The van der Waals surface area contributed by atoms with Crippen LogP contribution in [0, 0.1) is 11.7 Å². The number of piperazine rings is 1. The molecule has 1 saturated heterocycles. The molecule has 0 N–H and O–H groups in total. The highest BCUT2D eigenvalue weighted by atomic mass is 19.1. The fourth-order valence-electron chi connectivity index (χ4n) is 3.06. The molecule has 8 heteroatoms. The van der Waals surface area contributed by atoms with Gasteiger partial charge in [0.2, 0.25) is 11.8 Å². The van der Waals surface area contributed by atoms with Crippen LogP contribution in [0.1, 0.15) is 30.2 Å². The van der Waals surface area contributed by atoms with Crippen molar-refractivity contribution >= 4 is 11.8 Å². The van der Waals surface area contributed by atoms with Gasteiger partial charge in [0.1, 0.15) is 23.9 Å². The molecule has 2 heterocycles. The van der Waals surface area contributed by atoms with Gasteiger partial charge in [0, 0.05) is 26.2 Å². The first kappa shape index (κ1) is 18.9. The highest BCUT2D eigenvalue weighted by molar-refractivity contribution is 5.96. The van der Waals surface area contributed by atoms with Crippen molar-refractivity contribution in [2.45, 2.75) is 26.5 Å². The van der Waals surface area contributed by atoms with Crippen molar-refractivity contribution in [3.8, 4) is 5.75 Å². The summed E-state index contributed by atoms with van der Waals surface area (Å²) in [4.78, 5) is 32.6. The number of likely N-dealkylation sites (N-methyl/N-ethyl adjacent to an activating group) is 1. The molecule has 1 aromatic heterocycles. The lowest BCUT2D eigenvalue weighted by molar-refractivity contribution is -0.140. The molecule has 1 aliphatic heterocycles. The minimum atomic E-state index is -0.528. The average Bonchev–Trinajstić information content (AvgIpc) is 3.10. The van der Waals surface area contributed by atoms with Crippen molar-refractivity contribution in [2.24, 2.45) is 5.92 Å². The molecule has 0 spiro atoms. The molecule has 2 aromatic rings. The molecule has 1 aliphatic rings. The van der Waals surface area contributed by atoms with E-state index in [2.05, 4.69) is 4.98 Å². The Morgan fingerprint density at radius 1 is 1.41 bits per heavy atom. The number of hydrogen-bond acceptors (Lipinski definition) is 5. The van der Waals surface area contributed by atoms with Crippen molar-refractivity contribution in [2.75, 3.05) is 20.1 Å². The van der Waals surface area contributed by atoms with Crippen molar-refractivity contribution in [1.29, 1.82) is 0 Å². The first-order valence-electron chi connectivity index (χ1n) is 8.75. The predicted octanol–water partition coefficient (Wildman–Crippen LogP) is 2.33. The third-order valence-corrected chi connectivity index (χ3v) is 4.46. The maximum Gasteiger partial charge on any atom is 0.276 e. The molecule has 0 unspecified atom stereocenters. The zero-order valence-electron chi connectivity index (χ0n) is 15.5. The number of aromatic nitrogens is 1. The molecular weight excluding hydrogens is 353 g/mol. The van der Waals surface area contributed by atoms with Crippen LogP contribution in [-0.2, 0) is 11.4 Å². The lowest BCUT2D eigenvalue weighted by Gasteiger charge is -2.40. The summed E-state index contributed by atoms with van der Waals surface area (Å²) in [5.74, 6) is -0.324. The van der Waals surface area contributed by atoms with E-state index >= 15 is 0 Å². The third kappa shape index (κ3) is 4.10. The van der Waals surface area contributed by atoms with Crippen LogP contribution in [-0.4, -0.2) is 52.8 Å². The first-order valence-corrected chi connectivity index (χ1v) is 8.75.